The van der Waals surface area contributed by atoms with E-state index in [9.17, 15) is 0 Å². The van der Waals surface area contributed by atoms with Crippen molar-refractivity contribution >= 4 is 63.3 Å². The Morgan fingerprint density at radius 3 is 2.39 bits per heavy atom. The molecule has 0 spiro atoms. The molecule has 5 rings (SSSR count). The van der Waals surface area contributed by atoms with Gasteiger partial charge in [-0.05, 0) is 69.5 Å². The number of aryl methyl sites for hydroxylation is 2. The maximum absolute atomic E-state index is 6.39. The van der Waals surface area contributed by atoms with Gasteiger partial charge in [-0.25, -0.2) is 9.13 Å². The molecule has 2 aliphatic heterocycles. The maximum atomic E-state index is 6.39. The molecular weight excluding hydrogens is 475 g/mol. The summed E-state index contributed by atoms with van der Waals surface area (Å²) in [5, 5.41) is 1.97. The van der Waals surface area contributed by atoms with Gasteiger partial charge in [0.1, 0.15) is 5.82 Å². The molecule has 0 unspecified atom stereocenters. The van der Waals surface area contributed by atoms with Crippen LogP contribution in [0.2, 0.25) is 15.1 Å². The minimum atomic E-state index is 0.599. The zero-order valence-corrected chi connectivity index (χ0v) is 21.5. The van der Waals surface area contributed by atoms with Crippen molar-refractivity contribution in [3.05, 3.63) is 68.7 Å². The van der Waals surface area contributed by atoms with Crippen LogP contribution in [0.15, 0.2) is 47.8 Å². The van der Waals surface area contributed by atoms with E-state index in [1.165, 1.54) is 28.3 Å². The molecule has 3 heterocycles. The molecule has 0 fully saturated rings. The lowest BCUT2D eigenvalue weighted by atomic mass is 10.0. The van der Waals surface area contributed by atoms with Crippen LogP contribution in [0, 0.1) is 0 Å². The van der Waals surface area contributed by atoms with Gasteiger partial charge in [0.25, 0.3) is 5.82 Å². The first-order valence-corrected chi connectivity index (χ1v) is 12.8. The van der Waals surface area contributed by atoms with Gasteiger partial charge in [-0.1, -0.05) is 34.8 Å². The van der Waals surface area contributed by atoms with Crippen LogP contribution in [0.1, 0.15) is 39.4 Å². The molecule has 0 bridgehead atoms. The molecule has 0 amide bonds. The van der Waals surface area contributed by atoms with Crippen molar-refractivity contribution in [1.82, 2.24) is 4.57 Å². The molecule has 0 N–H and O–H groups in total. The second kappa shape index (κ2) is 8.90. The van der Waals surface area contributed by atoms with Crippen LogP contribution in [-0.4, -0.2) is 17.7 Å². The monoisotopic (exact) mass is 501 g/mol. The molecule has 172 valence electrons. The molecule has 2 aromatic carbocycles. The van der Waals surface area contributed by atoms with Crippen molar-refractivity contribution in [1.29, 1.82) is 0 Å². The summed E-state index contributed by atoms with van der Waals surface area (Å²) >= 11 is 19.1. The molecule has 0 aliphatic carbocycles. The third kappa shape index (κ3) is 3.63. The number of allylic oxidation sites excluding steroid dienone is 2. The molecule has 7 heteroatoms. The zero-order chi connectivity index (χ0) is 23.3. The predicted molar refractivity (Wildman–Crippen MR) is 141 cm³/mol. The first-order chi connectivity index (χ1) is 16.0. The zero-order valence-electron chi connectivity index (χ0n) is 19.2. The van der Waals surface area contributed by atoms with E-state index in [0.717, 1.165) is 55.4 Å². The van der Waals surface area contributed by atoms with E-state index in [2.05, 4.69) is 64.0 Å². The number of nitrogens with zero attached hydrogens (tertiary/aromatic N) is 4. The van der Waals surface area contributed by atoms with Gasteiger partial charge in [0.2, 0.25) is 0 Å². The fraction of sp³-hybridized carbons (Fsp3) is 0.346. The van der Waals surface area contributed by atoms with Crippen LogP contribution < -0.4 is 14.4 Å². The smallest absolute Gasteiger partial charge is 0.282 e. The predicted octanol–water partition coefficient (Wildman–Crippen LogP) is 7.29. The van der Waals surface area contributed by atoms with Gasteiger partial charge in [0.15, 0.2) is 11.0 Å². The maximum Gasteiger partial charge on any atom is 0.282 e. The van der Waals surface area contributed by atoms with Crippen molar-refractivity contribution in [3.8, 4) is 0 Å². The largest absolute Gasteiger partial charge is 0.326 e. The molecular formula is C26H28Cl3N4+. The topological polar surface area (TPSA) is 15.3 Å². The molecule has 1 aromatic heterocycles. The summed E-state index contributed by atoms with van der Waals surface area (Å²) in [7, 11) is 0. The van der Waals surface area contributed by atoms with Crippen LogP contribution >= 0.6 is 34.8 Å². The first kappa shape index (κ1) is 22.6. The second-order valence-electron chi connectivity index (χ2n) is 8.42. The van der Waals surface area contributed by atoms with E-state index in [4.69, 9.17) is 34.8 Å². The number of hydrogen-bond donors (Lipinski definition) is 0. The van der Waals surface area contributed by atoms with Crippen LogP contribution in [0.4, 0.5) is 11.4 Å². The molecule has 4 nitrogen and oxygen atoms in total. The second-order valence-corrected chi connectivity index (χ2v) is 9.67. The highest BCUT2D eigenvalue weighted by atomic mass is 35.5. The van der Waals surface area contributed by atoms with Crippen LogP contribution in [0.3, 0.4) is 0 Å². The SMILES string of the molecule is CCN1C2=C(C=Cc3n(CC)c4cc(Cl)ccc4[n+]3CC)CCCN2c2cc(Cl)c(Cl)cc21. The number of fused-ring (bicyclic) bond motifs is 4. The van der Waals surface area contributed by atoms with Crippen LogP contribution in [-0.2, 0) is 13.1 Å². The Bertz CT molecular complexity index is 1280. The van der Waals surface area contributed by atoms with E-state index >= 15 is 0 Å². The van der Waals surface area contributed by atoms with E-state index in [-0.39, 0.29) is 0 Å². The highest BCUT2D eigenvalue weighted by Crippen LogP contribution is 2.48. The van der Waals surface area contributed by atoms with E-state index in [1.807, 2.05) is 18.2 Å². The van der Waals surface area contributed by atoms with E-state index < -0.39 is 0 Å². The van der Waals surface area contributed by atoms with Gasteiger partial charge in [-0.15, -0.1) is 0 Å². The fourth-order valence-corrected chi connectivity index (χ4v) is 5.76. The number of benzene rings is 2. The Morgan fingerprint density at radius 2 is 1.70 bits per heavy atom. The molecule has 33 heavy (non-hydrogen) atoms. The third-order valence-electron chi connectivity index (χ3n) is 6.68. The average Bonchev–Trinajstić information content (AvgIpc) is 3.28. The molecule has 0 saturated heterocycles. The molecule has 0 saturated carbocycles. The summed E-state index contributed by atoms with van der Waals surface area (Å²) in [5.74, 6) is 2.44. The molecule has 0 atom stereocenters. The van der Waals surface area contributed by atoms with Crippen molar-refractivity contribution < 1.29 is 4.57 Å². The third-order valence-corrected chi connectivity index (χ3v) is 7.64. The number of aromatic nitrogens is 2. The Labute approximate surface area is 210 Å². The van der Waals surface area contributed by atoms with Gasteiger partial charge >= 0.3 is 0 Å². The number of halogens is 3. The minimum absolute atomic E-state index is 0.599. The number of imidazole rings is 1. The van der Waals surface area contributed by atoms with Crippen molar-refractivity contribution in [2.24, 2.45) is 0 Å². The summed E-state index contributed by atoms with van der Waals surface area (Å²) in [5.41, 5.74) is 5.99. The molecule has 3 aromatic rings. The van der Waals surface area contributed by atoms with Crippen LogP contribution in [0.5, 0.6) is 0 Å². The molecule has 2 aliphatic rings. The van der Waals surface area contributed by atoms with Gasteiger partial charge in [-0.3, -0.25) is 0 Å². The lowest BCUT2D eigenvalue weighted by Crippen LogP contribution is -2.35. The standard InChI is InChI=1S/C26H28Cl3N4/c1-4-30-21-11-10-18(27)14-22(21)31(5-2)25(30)12-9-17-8-7-13-33-24-16-20(29)19(28)15-23(24)32(6-3)26(17)33/h9-12,14-16H,4-8,13H2,1-3H3/q+1. The number of rotatable bonds is 5. The van der Waals surface area contributed by atoms with E-state index in [1.54, 1.807) is 0 Å². The van der Waals surface area contributed by atoms with Gasteiger partial charge < -0.3 is 9.80 Å². The fourth-order valence-electron chi connectivity index (χ4n) is 5.28. The lowest BCUT2D eigenvalue weighted by molar-refractivity contribution is -0.670. The summed E-state index contributed by atoms with van der Waals surface area (Å²) in [6, 6.07) is 10.2. The van der Waals surface area contributed by atoms with Gasteiger partial charge in [-0.2, -0.15) is 0 Å². The minimum Gasteiger partial charge on any atom is -0.326 e. The Hall–Kier alpha value is -2.14. The number of hydrogen-bond acceptors (Lipinski definition) is 2. The summed E-state index contributed by atoms with van der Waals surface area (Å²) < 4.78 is 4.70. The first-order valence-electron chi connectivity index (χ1n) is 11.6. The Kier molecular flexibility index (Phi) is 6.11. The lowest BCUT2D eigenvalue weighted by Gasteiger charge is -2.31. The normalized spacial score (nSPS) is 15.8. The van der Waals surface area contributed by atoms with E-state index in [0.29, 0.717) is 10.0 Å². The van der Waals surface area contributed by atoms with Gasteiger partial charge in [0, 0.05) is 30.3 Å². The summed E-state index contributed by atoms with van der Waals surface area (Å²) in [6.45, 7) is 10.2. The Balaban J connectivity index is 1.64. The average molecular weight is 503 g/mol. The Morgan fingerprint density at radius 1 is 0.939 bits per heavy atom. The van der Waals surface area contributed by atoms with Crippen molar-refractivity contribution in [2.45, 2.75) is 46.7 Å². The highest BCUT2D eigenvalue weighted by molar-refractivity contribution is 6.42. The van der Waals surface area contributed by atoms with Crippen LogP contribution in [0.25, 0.3) is 17.1 Å². The quantitative estimate of drug-likeness (QED) is 0.340. The molecule has 0 radical (unpaired) electrons. The van der Waals surface area contributed by atoms with Gasteiger partial charge in [0.05, 0.1) is 34.5 Å². The number of anilines is 2. The summed E-state index contributed by atoms with van der Waals surface area (Å²) in [6.07, 6.45) is 6.70. The van der Waals surface area contributed by atoms with Crippen molar-refractivity contribution in [3.63, 3.8) is 0 Å². The highest BCUT2D eigenvalue weighted by Gasteiger charge is 2.35. The summed E-state index contributed by atoms with van der Waals surface area (Å²) in [4.78, 5) is 4.76. The van der Waals surface area contributed by atoms with Crippen molar-refractivity contribution in [2.75, 3.05) is 22.9 Å².